The van der Waals surface area contributed by atoms with E-state index in [-0.39, 0.29) is 17.2 Å². The van der Waals surface area contributed by atoms with E-state index < -0.39 is 0 Å². The number of fused-ring (bicyclic) bond motifs is 1. The van der Waals surface area contributed by atoms with E-state index in [0.717, 1.165) is 35.2 Å². The fourth-order valence-electron chi connectivity index (χ4n) is 3.99. The molecule has 2 heterocycles. The quantitative estimate of drug-likeness (QED) is 0.804. The first-order valence-corrected chi connectivity index (χ1v) is 10.4. The molecule has 2 aromatic rings. The number of carbonyl (C=O) groups is 1. The number of aromatic nitrogens is 1. The summed E-state index contributed by atoms with van der Waals surface area (Å²) < 4.78 is 5.77. The number of morpholine rings is 1. The van der Waals surface area contributed by atoms with Gasteiger partial charge in [0.2, 0.25) is 0 Å². The van der Waals surface area contributed by atoms with E-state index in [4.69, 9.17) is 9.72 Å². The molecule has 4 rings (SSSR count). The fourth-order valence-corrected chi connectivity index (χ4v) is 5.11. The lowest BCUT2D eigenvalue weighted by Gasteiger charge is -2.38. The van der Waals surface area contributed by atoms with Gasteiger partial charge in [-0.1, -0.05) is 43.4 Å². The molecule has 0 radical (unpaired) electrons. The zero-order valence-electron chi connectivity index (χ0n) is 16.3. The Hall–Kier alpha value is -1.92. The largest absolute Gasteiger partial charge is 0.377 e. The number of likely N-dealkylation sites (N-methyl/N-ethyl adjacent to an activating group) is 1. The predicted octanol–water partition coefficient (Wildman–Crippen LogP) is 3.64. The van der Waals surface area contributed by atoms with Crippen LogP contribution in [0.2, 0.25) is 0 Å². The van der Waals surface area contributed by atoms with Crippen LogP contribution in [0.3, 0.4) is 0 Å². The van der Waals surface area contributed by atoms with Crippen molar-refractivity contribution >= 4 is 27.9 Å². The molecule has 1 saturated heterocycles. The van der Waals surface area contributed by atoms with E-state index in [9.17, 15) is 4.79 Å². The zero-order chi connectivity index (χ0) is 19.0. The van der Waals surface area contributed by atoms with Gasteiger partial charge >= 0.3 is 0 Å². The number of Topliss-reactive ketones (excluding diaryl/α,β-unsaturated/α-hetero) is 1. The molecule has 2 aliphatic rings. The summed E-state index contributed by atoms with van der Waals surface area (Å²) >= 11 is 1.57. The molecule has 0 amide bonds. The molecule has 0 N–H and O–H groups in total. The highest BCUT2D eigenvalue weighted by atomic mass is 32.1. The van der Waals surface area contributed by atoms with Crippen molar-refractivity contribution in [1.82, 2.24) is 4.98 Å². The minimum atomic E-state index is 0.00731. The Bertz CT molecular complexity index is 818. The average molecular weight is 386 g/mol. The monoisotopic (exact) mass is 385 g/mol. The van der Waals surface area contributed by atoms with Gasteiger partial charge in [0, 0.05) is 32.2 Å². The van der Waals surface area contributed by atoms with E-state index >= 15 is 0 Å². The van der Waals surface area contributed by atoms with E-state index in [1.165, 1.54) is 5.69 Å². The van der Waals surface area contributed by atoms with Crippen LogP contribution in [0.25, 0.3) is 0 Å². The molecule has 0 bridgehead atoms. The van der Waals surface area contributed by atoms with Gasteiger partial charge in [0.1, 0.15) is 0 Å². The Kier molecular flexibility index (Phi) is 4.95. The number of ketones is 1. The Morgan fingerprint density at radius 2 is 2.07 bits per heavy atom. The highest BCUT2D eigenvalue weighted by Crippen LogP contribution is 2.39. The highest BCUT2D eigenvalue weighted by Gasteiger charge is 2.36. The van der Waals surface area contributed by atoms with Crippen LogP contribution in [0.4, 0.5) is 10.8 Å². The second kappa shape index (κ2) is 7.24. The van der Waals surface area contributed by atoms with Crippen LogP contribution in [0.1, 0.15) is 35.6 Å². The van der Waals surface area contributed by atoms with Gasteiger partial charge in [0.15, 0.2) is 10.9 Å². The summed E-state index contributed by atoms with van der Waals surface area (Å²) in [5.41, 5.74) is 2.18. The first-order valence-electron chi connectivity index (χ1n) is 9.56. The minimum absolute atomic E-state index is 0.00731. The average Bonchev–Trinajstić information content (AvgIpc) is 3.05. The van der Waals surface area contributed by atoms with Crippen molar-refractivity contribution in [2.24, 2.45) is 5.41 Å². The molecular weight excluding hydrogens is 358 g/mol. The third-order valence-corrected chi connectivity index (χ3v) is 6.56. The molecule has 1 aromatic heterocycles. The maximum atomic E-state index is 12.6. The molecule has 6 heteroatoms. The van der Waals surface area contributed by atoms with Crippen LogP contribution in [0.15, 0.2) is 30.3 Å². The van der Waals surface area contributed by atoms with Gasteiger partial charge in [-0.05, 0) is 24.0 Å². The number of anilines is 2. The van der Waals surface area contributed by atoms with Gasteiger partial charge in [-0.3, -0.25) is 4.79 Å². The second-order valence-corrected chi connectivity index (χ2v) is 9.33. The first kappa shape index (κ1) is 18.4. The standard InChI is InChI=1S/C21H27N3O2S/c1-21(2)11-17-19(18(25)12-21)27-20(22-17)24-9-10-26-14-16(24)13-23(3)15-7-5-4-6-8-15/h4-8,16H,9-14H2,1-3H3. The van der Waals surface area contributed by atoms with Crippen LogP contribution in [-0.4, -0.2) is 50.2 Å². The minimum Gasteiger partial charge on any atom is -0.377 e. The lowest BCUT2D eigenvalue weighted by molar-refractivity contribution is 0.0915. The van der Waals surface area contributed by atoms with E-state index in [1.807, 2.05) is 6.07 Å². The Morgan fingerprint density at radius 1 is 1.30 bits per heavy atom. The van der Waals surface area contributed by atoms with Crippen molar-refractivity contribution in [1.29, 1.82) is 0 Å². The van der Waals surface area contributed by atoms with E-state index in [2.05, 4.69) is 55.0 Å². The third-order valence-electron chi connectivity index (χ3n) is 5.38. The number of ether oxygens (including phenoxy) is 1. The molecule has 27 heavy (non-hydrogen) atoms. The fraction of sp³-hybridized carbons (Fsp3) is 0.524. The number of thiazole rings is 1. The third kappa shape index (κ3) is 3.87. The van der Waals surface area contributed by atoms with E-state index in [1.54, 1.807) is 11.3 Å². The Labute approximate surface area is 165 Å². The number of benzene rings is 1. The topological polar surface area (TPSA) is 45.7 Å². The molecule has 144 valence electrons. The molecular formula is C21H27N3O2S. The predicted molar refractivity (Wildman–Crippen MR) is 110 cm³/mol. The number of hydrogen-bond acceptors (Lipinski definition) is 6. The summed E-state index contributed by atoms with van der Waals surface area (Å²) in [7, 11) is 2.11. The highest BCUT2D eigenvalue weighted by molar-refractivity contribution is 7.17. The molecule has 0 saturated carbocycles. The number of nitrogens with zero attached hydrogens (tertiary/aromatic N) is 3. The van der Waals surface area contributed by atoms with E-state index in [0.29, 0.717) is 19.6 Å². The number of rotatable bonds is 4. The van der Waals surface area contributed by atoms with Gasteiger partial charge in [-0.2, -0.15) is 0 Å². The zero-order valence-corrected chi connectivity index (χ0v) is 17.1. The molecule has 1 atom stereocenters. The number of hydrogen-bond donors (Lipinski definition) is 0. The van der Waals surface area contributed by atoms with Gasteiger partial charge in [0.05, 0.1) is 29.8 Å². The maximum Gasteiger partial charge on any atom is 0.186 e. The summed E-state index contributed by atoms with van der Waals surface area (Å²) in [5.74, 6) is 0.246. The van der Waals surface area contributed by atoms with Crippen LogP contribution in [0.5, 0.6) is 0 Å². The Balaban J connectivity index is 1.56. The Morgan fingerprint density at radius 3 is 2.85 bits per heavy atom. The lowest BCUT2D eigenvalue weighted by Crippen LogP contribution is -2.51. The second-order valence-electron chi connectivity index (χ2n) is 8.35. The normalized spacial score (nSPS) is 21.8. The number of para-hydroxylation sites is 1. The lowest BCUT2D eigenvalue weighted by atomic mass is 9.78. The van der Waals surface area contributed by atoms with Crippen LogP contribution in [0, 0.1) is 5.41 Å². The van der Waals surface area contributed by atoms with Crippen molar-refractivity contribution in [3.05, 3.63) is 40.9 Å². The molecule has 1 fully saturated rings. The van der Waals surface area contributed by atoms with Crippen molar-refractivity contribution in [3.8, 4) is 0 Å². The molecule has 1 aromatic carbocycles. The SMILES string of the molecule is CN(CC1COCCN1c1nc2c(s1)C(=O)CC(C)(C)C2)c1ccccc1. The van der Waals surface area contributed by atoms with Crippen molar-refractivity contribution in [3.63, 3.8) is 0 Å². The summed E-state index contributed by atoms with van der Waals surface area (Å²) in [4.78, 5) is 22.9. The van der Waals surface area contributed by atoms with Crippen LogP contribution < -0.4 is 9.80 Å². The van der Waals surface area contributed by atoms with Gasteiger partial charge in [-0.25, -0.2) is 4.98 Å². The van der Waals surface area contributed by atoms with Crippen molar-refractivity contribution in [2.45, 2.75) is 32.7 Å². The smallest absolute Gasteiger partial charge is 0.186 e. The van der Waals surface area contributed by atoms with Gasteiger partial charge in [-0.15, -0.1) is 0 Å². The van der Waals surface area contributed by atoms with Gasteiger partial charge in [0.25, 0.3) is 0 Å². The molecule has 1 unspecified atom stereocenters. The molecule has 5 nitrogen and oxygen atoms in total. The summed E-state index contributed by atoms with van der Waals surface area (Å²) in [6, 6.07) is 10.6. The molecule has 0 spiro atoms. The maximum absolute atomic E-state index is 12.6. The molecule has 1 aliphatic heterocycles. The number of carbonyl (C=O) groups excluding carboxylic acids is 1. The van der Waals surface area contributed by atoms with Crippen LogP contribution in [-0.2, 0) is 11.2 Å². The first-order chi connectivity index (χ1) is 12.9. The summed E-state index contributed by atoms with van der Waals surface area (Å²) in [5, 5.41) is 0.973. The van der Waals surface area contributed by atoms with Gasteiger partial charge < -0.3 is 14.5 Å². The van der Waals surface area contributed by atoms with Crippen LogP contribution >= 0.6 is 11.3 Å². The molecule has 1 aliphatic carbocycles. The summed E-state index contributed by atoms with van der Waals surface area (Å²) in [6.07, 6.45) is 1.49. The van der Waals surface area contributed by atoms with Crippen molar-refractivity contribution < 1.29 is 9.53 Å². The summed E-state index contributed by atoms with van der Waals surface area (Å²) in [6.45, 7) is 7.36. The van der Waals surface area contributed by atoms with Crippen molar-refractivity contribution in [2.75, 3.05) is 43.2 Å².